The fourth-order valence-corrected chi connectivity index (χ4v) is 2.70. The van der Waals surface area contributed by atoms with Gasteiger partial charge in [-0.2, -0.15) is 0 Å². The number of nitrogens with one attached hydrogen (secondary N) is 2. The van der Waals surface area contributed by atoms with Crippen molar-refractivity contribution in [3.63, 3.8) is 0 Å². The van der Waals surface area contributed by atoms with Crippen LogP contribution in [0.25, 0.3) is 0 Å². The molecule has 2 aromatic rings. The minimum Gasteiger partial charge on any atom is -0.444 e. The molecule has 0 unspecified atom stereocenters. The van der Waals surface area contributed by atoms with Crippen molar-refractivity contribution in [2.24, 2.45) is 0 Å². The molecular weight excluding hydrogens is 340 g/mol. The summed E-state index contributed by atoms with van der Waals surface area (Å²) < 4.78 is 5.15. The summed E-state index contributed by atoms with van der Waals surface area (Å²) in [6.45, 7) is 6.13. The number of rotatable bonds is 7. The van der Waals surface area contributed by atoms with Gasteiger partial charge in [0.2, 0.25) is 5.91 Å². The Hall–Kier alpha value is -2.82. The molecule has 2 aromatic carbocycles. The van der Waals surface area contributed by atoms with Gasteiger partial charge in [-0.3, -0.25) is 4.79 Å². The fourth-order valence-electron chi connectivity index (χ4n) is 2.70. The predicted molar refractivity (Wildman–Crippen MR) is 107 cm³/mol. The number of ether oxygens (including phenoxy) is 1. The lowest BCUT2D eigenvalue weighted by Gasteiger charge is -2.20. The van der Waals surface area contributed by atoms with Crippen molar-refractivity contribution in [1.82, 2.24) is 10.6 Å². The molecule has 5 heteroatoms. The third-order valence-corrected chi connectivity index (χ3v) is 3.93. The lowest BCUT2D eigenvalue weighted by atomic mass is 9.91. The topological polar surface area (TPSA) is 67.4 Å². The van der Waals surface area contributed by atoms with Crippen LogP contribution >= 0.6 is 0 Å². The highest BCUT2D eigenvalue weighted by Crippen LogP contribution is 2.23. The van der Waals surface area contributed by atoms with Crippen molar-refractivity contribution < 1.29 is 14.3 Å². The molecule has 0 spiro atoms. The van der Waals surface area contributed by atoms with Crippen LogP contribution in [-0.2, 0) is 9.53 Å². The summed E-state index contributed by atoms with van der Waals surface area (Å²) in [7, 11) is 0. The molecule has 0 radical (unpaired) electrons. The first-order valence-corrected chi connectivity index (χ1v) is 9.18. The van der Waals surface area contributed by atoms with Crippen LogP contribution in [0.5, 0.6) is 0 Å². The lowest BCUT2D eigenvalue weighted by Crippen LogP contribution is -2.36. The average Bonchev–Trinajstić information content (AvgIpc) is 2.62. The zero-order valence-electron chi connectivity index (χ0n) is 16.2. The van der Waals surface area contributed by atoms with E-state index in [0.717, 1.165) is 11.1 Å². The average molecular weight is 368 g/mol. The Morgan fingerprint density at radius 1 is 0.889 bits per heavy atom. The Bertz CT molecular complexity index is 685. The molecule has 0 atom stereocenters. The van der Waals surface area contributed by atoms with Gasteiger partial charge in [0, 0.05) is 25.4 Å². The second kappa shape index (κ2) is 9.76. The van der Waals surface area contributed by atoms with E-state index in [1.807, 2.05) is 36.4 Å². The van der Waals surface area contributed by atoms with Gasteiger partial charge in [-0.1, -0.05) is 60.7 Å². The molecule has 2 rings (SSSR count). The van der Waals surface area contributed by atoms with Crippen molar-refractivity contribution in [3.05, 3.63) is 71.8 Å². The summed E-state index contributed by atoms with van der Waals surface area (Å²) in [6, 6.07) is 20.2. The molecule has 2 N–H and O–H groups in total. The maximum absolute atomic E-state index is 12.2. The van der Waals surface area contributed by atoms with Gasteiger partial charge in [-0.05, 0) is 31.9 Å². The minimum atomic E-state index is -0.551. The summed E-state index contributed by atoms with van der Waals surface area (Å²) in [5.74, 6) is -0.0296. The first kappa shape index (κ1) is 20.5. The first-order valence-electron chi connectivity index (χ1n) is 9.18. The number of hydrogen-bond donors (Lipinski definition) is 2. The molecule has 0 fully saturated rings. The predicted octanol–water partition coefficient (Wildman–Crippen LogP) is 3.85. The zero-order valence-corrected chi connectivity index (χ0v) is 16.2. The molecule has 0 aliphatic rings. The summed E-state index contributed by atoms with van der Waals surface area (Å²) in [6.07, 6.45) is -0.308. The van der Waals surface area contributed by atoms with E-state index in [9.17, 15) is 9.59 Å². The molecule has 5 nitrogen and oxygen atoms in total. The van der Waals surface area contributed by atoms with Gasteiger partial charge >= 0.3 is 6.09 Å². The summed E-state index contributed by atoms with van der Waals surface area (Å²) in [5, 5.41) is 5.57. The lowest BCUT2D eigenvalue weighted by molar-refractivity contribution is -0.120. The molecule has 0 aromatic heterocycles. The standard InChI is InChI=1S/C22H28N2O3/c1-22(2,3)27-21(26)23-15-14-20(25)24-16-19(17-10-6-4-7-11-17)18-12-8-5-9-13-18/h4-13,19H,14-16H2,1-3H3,(H,23,26)(H,24,25). The second-order valence-corrected chi connectivity index (χ2v) is 7.36. The van der Waals surface area contributed by atoms with E-state index in [1.165, 1.54) is 0 Å². The quantitative estimate of drug-likeness (QED) is 0.780. The van der Waals surface area contributed by atoms with Crippen LogP contribution in [0.1, 0.15) is 44.2 Å². The Morgan fingerprint density at radius 2 is 1.41 bits per heavy atom. The van der Waals surface area contributed by atoms with Crippen molar-refractivity contribution in [3.8, 4) is 0 Å². The zero-order chi connectivity index (χ0) is 19.7. The van der Waals surface area contributed by atoms with Crippen molar-refractivity contribution in [1.29, 1.82) is 0 Å². The Balaban J connectivity index is 1.86. The summed E-state index contributed by atoms with van der Waals surface area (Å²) in [4.78, 5) is 23.8. The van der Waals surface area contributed by atoms with Crippen LogP contribution in [-0.4, -0.2) is 30.7 Å². The van der Waals surface area contributed by atoms with Gasteiger partial charge in [-0.15, -0.1) is 0 Å². The second-order valence-electron chi connectivity index (χ2n) is 7.36. The molecule has 0 bridgehead atoms. The highest BCUT2D eigenvalue weighted by atomic mass is 16.6. The monoisotopic (exact) mass is 368 g/mol. The van der Waals surface area contributed by atoms with Gasteiger partial charge in [0.05, 0.1) is 0 Å². The van der Waals surface area contributed by atoms with E-state index in [-0.39, 0.29) is 24.8 Å². The highest BCUT2D eigenvalue weighted by molar-refractivity contribution is 5.77. The summed E-state index contributed by atoms with van der Waals surface area (Å²) in [5.41, 5.74) is 1.75. The van der Waals surface area contributed by atoms with Crippen LogP contribution in [0.3, 0.4) is 0 Å². The van der Waals surface area contributed by atoms with Gasteiger partial charge < -0.3 is 15.4 Å². The van der Waals surface area contributed by atoms with Gasteiger partial charge in [0.1, 0.15) is 5.60 Å². The molecule has 27 heavy (non-hydrogen) atoms. The van der Waals surface area contributed by atoms with Crippen LogP contribution in [0.2, 0.25) is 0 Å². The third-order valence-electron chi connectivity index (χ3n) is 3.93. The van der Waals surface area contributed by atoms with Crippen LogP contribution in [0.15, 0.2) is 60.7 Å². The van der Waals surface area contributed by atoms with E-state index in [1.54, 1.807) is 20.8 Å². The number of carbonyl (C=O) groups excluding carboxylic acids is 2. The number of carbonyl (C=O) groups is 2. The van der Waals surface area contributed by atoms with Gasteiger partial charge in [0.25, 0.3) is 0 Å². The number of amides is 2. The van der Waals surface area contributed by atoms with Gasteiger partial charge in [-0.25, -0.2) is 4.79 Å². The normalized spacial score (nSPS) is 11.1. The Labute approximate surface area is 161 Å². The molecule has 144 valence electrons. The molecule has 0 aliphatic heterocycles. The number of alkyl carbamates (subject to hydrolysis) is 1. The molecule has 0 aliphatic carbocycles. The molecule has 0 saturated heterocycles. The maximum atomic E-state index is 12.2. The van der Waals surface area contributed by atoms with Crippen LogP contribution in [0, 0.1) is 0 Å². The molecular formula is C22H28N2O3. The fraction of sp³-hybridized carbons (Fsp3) is 0.364. The van der Waals surface area contributed by atoms with Gasteiger partial charge in [0.15, 0.2) is 0 Å². The minimum absolute atomic E-state index is 0.0789. The number of hydrogen-bond acceptors (Lipinski definition) is 3. The number of benzene rings is 2. The van der Waals surface area contributed by atoms with E-state index < -0.39 is 11.7 Å². The van der Waals surface area contributed by atoms with Crippen LogP contribution < -0.4 is 10.6 Å². The third kappa shape index (κ3) is 7.52. The molecule has 2 amide bonds. The Morgan fingerprint density at radius 3 is 1.89 bits per heavy atom. The first-order chi connectivity index (χ1) is 12.8. The van der Waals surface area contributed by atoms with Crippen LogP contribution in [0.4, 0.5) is 4.79 Å². The Kier molecular flexibility index (Phi) is 7.41. The maximum Gasteiger partial charge on any atom is 0.407 e. The van der Waals surface area contributed by atoms with Crippen molar-refractivity contribution in [2.75, 3.05) is 13.1 Å². The SMILES string of the molecule is CC(C)(C)OC(=O)NCCC(=O)NCC(c1ccccc1)c1ccccc1. The van der Waals surface area contributed by atoms with E-state index >= 15 is 0 Å². The summed E-state index contributed by atoms with van der Waals surface area (Å²) >= 11 is 0. The van der Waals surface area contributed by atoms with E-state index in [0.29, 0.717) is 6.54 Å². The van der Waals surface area contributed by atoms with Crippen molar-refractivity contribution in [2.45, 2.75) is 38.7 Å². The smallest absolute Gasteiger partial charge is 0.407 e. The highest BCUT2D eigenvalue weighted by Gasteiger charge is 2.17. The molecule has 0 saturated carbocycles. The van der Waals surface area contributed by atoms with E-state index in [2.05, 4.69) is 34.9 Å². The van der Waals surface area contributed by atoms with E-state index in [4.69, 9.17) is 4.74 Å². The van der Waals surface area contributed by atoms with Crippen molar-refractivity contribution >= 4 is 12.0 Å². The largest absolute Gasteiger partial charge is 0.444 e. The molecule has 0 heterocycles.